The molecule has 0 radical (unpaired) electrons. The van der Waals surface area contributed by atoms with Gasteiger partial charge < -0.3 is 5.32 Å². The molecule has 1 aromatic rings. The summed E-state index contributed by atoms with van der Waals surface area (Å²) in [6, 6.07) is -0.704. The van der Waals surface area contributed by atoms with Crippen LogP contribution in [0.15, 0.2) is 15.8 Å². The number of H-pyrrole nitrogens is 1. The largest absolute Gasteiger partial charge is 0.336 e. The zero-order valence-electron chi connectivity index (χ0n) is 12.7. The highest BCUT2D eigenvalue weighted by atomic mass is 19.1. The Morgan fingerprint density at radius 2 is 2.05 bits per heavy atom. The Morgan fingerprint density at radius 1 is 1.36 bits per heavy atom. The molecule has 1 heterocycles. The number of carbonyl (C=O) groups excluding carboxylic acids is 1. The molecule has 0 aromatic carbocycles. The number of unbranched alkanes of at least 4 members (excludes halogenated alkanes) is 1. The van der Waals surface area contributed by atoms with Crippen LogP contribution >= 0.6 is 0 Å². The minimum absolute atomic E-state index is 0.00716. The lowest BCUT2D eigenvalue weighted by Crippen LogP contribution is -2.45. The molecule has 0 aliphatic heterocycles. The van der Waals surface area contributed by atoms with Crippen LogP contribution in [0.3, 0.4) is 0 Å². The van der Waals surface area contributed by atoms with Gasteiger partial charge in [0.1, 0.15) is 0 Å². The molecule has 2 N–H and O–H groups in total. The van der Waals surface area contributed by atoms with Gasteiger partial charge in [0.2, 0.25) is 5.82 Å². The van der Waals surface area contributed by atoms with Crippen LogP contribution in [0.2, 0.25) is 0 Å². The normalized spacial score (nSPS) is 21.5. The molecule has 1 aromatic heterocycles. The summed E-state index contributed by atoms with van der Waals surface area (Å²) in [5, 5.41) is 2.73. The van der Waals surface area contributed by atoms with Gasteiger partial charge in [0.05, 0.1) is 6.20 Å². The lowest BCUT2D eigenvalue weighted by Gasteiger charge is -2.29. The fourth-order valence-electron chi connectivity index (χ4n) is 2.93. The van der Waals surface area contributed by atoms with E-state index in [1.807, 2.05) is 0 Å². The predicted molar refractivity (Wildman–Crippen MR) is 80.5 cm³/mol. The summed E-state index contributed by atoms with van der Waals surface area (Å²) in [5.74, 6) is -0.445. The Bertz CT molecular complexity index is 630. The zero-order valence-corrected chi connectivity index (χ0v) is 12.7. The number of rotatable bonds is 4. The van der Waals surface area contributed by atoms with Crippen LogP contribution in [-0.2, 0) is 0 Å². The molecule has 0 atom stereocenters. The molecule has 0 unspecified atom stereocenters. The minimum Gasteiger partial charge on any atom is -0.335 e. The first-order valence-corrected chi connectivity index (χ1v) is 7.83. The highest BCUT2D eigenvalue weighted by Gasteiger charge is 2.23. The van der Waals surface area contributed by atoms with Crippen LogP contribution in [-0.4, -0.2) is 21.6 Å². The molecule has 0 saturated heterocycles. The smallest absolute Gasteiger partial charge is 0.335 e. The van der Waals surface area contributed by atoms with Crippen molar-refractivity contribution < 1.29 is 9.18 Å². The van der Waals surface area contributed by atoms with Crippen molar-refractivity contribution in [3.05, 3.63) is 32.9 Å². The molecule has 1 aliphatic carbocycles. The zero-order chi connectivity index (χ0) is 16.1. The molecule has 1 fully saturated rings. The Balaban J connectivity index is 1.92. The second kappa shape index (κ2) is 7.38. The highest BCUT2D eigenvalue weighted by Crippen LogP contribution is 2.28. The molecule has 1 amide bonds. The molecule has 2 rings (SSSR count). The number of amides is 1. The third kappa shape index (κ3) is 4.05. The van der Waals surface area contributed by atoms with Crippen LogP contribution in [0.1, 0.15) is 51.9 Å². The van der Waals surface area contributed by atoms with Crippen LogP contribution in [0.25, 0.3) is 0 Å². The molecular weight excluding hydrogens is 289 g/mol. The number of carbonyl (C=O) groups is 1. The lowest BCUT2D eigenvalue weighted by molar-refractivity contribution is 0.225. The van der Waals surface area contributed by atoms with Crippen molar-refractivity contribution in [1.29, 1.82) is 0 Å². The number of aromatic nitrogens is 2. The van der Waals surface area contributed by atoms with Crippen molar-refractivity contribution in [2.75, 3.05) is 0 Å². The van der Waals surface area contributed by atoms with Crippen molar-refractivity contribution in [3.63, 3.8) is 0 Å². The molecule has 22 heavy (non-hydrogen) atoms. The molecular formula is C15H22FN3O3. The third-order valence-corrected chi connectivity index (χ3v) is 4.26. The van der Waals surface area contributed by atoms with Gasteiger partial charge in [-0.15, -0.1) is 0 Å². The summed E-state index contributed by atoms with van der Waals surface area (Å²) in [6.07, 6.45) is 8.11. The maximum Gasteiger partial charge on any atom is 0.336 e. The summed E-state index contributed by atoms with van der Waals surface area (Å²) in [5.41, 5.74) is -2.05. The molecule has 0 spiro atoms. The van der Waals surface area contributed by atoms with Crippen LogP contribution in [0, 0.1) is 11.7 Å². The van der Waals surface area contributed by atoms with Gasteiger partial charge in [0.25, 0.3) is 5.56 Å². The molecule has 122 valence electrons. The van der Waals surface area contributed by atoms with Gasteiger partial charge in [0, 0.05) is 6.04 Å². The van der Waals surface area contributed by atoms with Crippen molar-refractivity contribution in [3.8, 4) is 0 Å². The minimum atomic E-state index is -1.15. The topological polar surface area (TPSA) is 84.0 Å². The maximum atomic E-state index is 13.2. The van der Waals surface area contributed by atoms with Crippen molar-refractivity contribution in [2.45, 2.75) is 57.9 Å². The van der Waals surface area contributed by atoms with E-state index >= 15 is 0 Å². The van der Waals surface area contributed by atoms with E-state index in [-0.39, 0.29) is 6.04 Å². The van der Waals surface area contributed by atoms with E-state index in [4.69, 9.17) is 0 Å². The van der Waals surface area contributed by atoms with E-state index in [2.05, 4.69) is 12.2 Å². The van der Waals surface area contributed by atoms with E-state index in [0.717, 1.165) is 25.7 Å². The Hall–Kier alpha value is -1.92. The first-order chi connectivity index (χ1) is 10.5. The Labute approximate surface area is 127 Å². The van der Waals surface area contributed by atoms with E-state index in [1.54, 1.807) is 4.98 Å². The highest BCUT2D eigenvalue weighted by molar-refractivity contribution is 5.76. The van der Waals surface area contributed by atoms with Gasteiger partial charge in [-0.3, -0.25) is 9.78 Å². The molecule has 7 heteroatoms. The van der Waals surface area contributed by atoms with Crippen LogP contribution < -0.4 is 16.6 Å². The maximum absolute atomic E-state index is 13.2. The summed E-state index contributed by atoms with van der Waals surface area (Å²) in [4.78, 5) is 36.3. The van der Waals surface area contributed by atoms with Gasteiger partial charge in [0.15, 0.2) is 0 Å². The van der Waals surface area contributed by atoms with Gasteiger partial charge in [-0.25, -0.2) is 14.2 Å². The fraction of sp³-hybridized carbons (Fsp3) is 0.667. The predicted octanol–water partition coefficient (Wildman–Crippen LogP) is 1.98. The molecule has 1 saturated carbocycles. The molecule has 6 nitrogen and oxygen atoms in total. The van der Waals surface area contributed by atoms with Crippen LogP contribution in [0.5, 0.6) is 0 Å². The molecule has 0 bridgehead atoms. The standard InChI is InChI=1S/C15H22FN3O3/c1-2-3-4-10-5-7-11(8-6-10)17-14(21)19-9-12(16)13(20)18-15(19)22/h9-11H,2-8H2,1H3,(H,17,21)(H,18,20,22). The van der Waals surface area contributed by atoms with E-state index in [1.165, 1.54) is 19.3 Å². The number of hydrogen-bond acceptors (Lipinski definition) is 3. The summed E-state index contributed by atoms with van der Waals surface area (Å²) in [7, 11) is 0. The Kier molecular flexibility index (Phi) is 5.51. The molecule has 1 aliphatic rings. The number of aromatic amines is 1. The second-order valence-electron chi connectivity index (χ2n) is 5.92. The average molecular weight is 311 g/mol. The van der Waals surface area contributed by atoms with Crippen molar-refractivity contribution in [1.82, 2.24) is 14.9 Å². The van der Waals surface area contributed by atoms with Gasteiger partial charge >= 0.3 is 11.7 Å². The summed E-state index contributed by atoms with van der Waals surface area (Å²) >= 11 is 0. The third-order valence-electron chi connectivity index (χ3n) is 4.26. The van der Waals surface area contributed by atoms with Gasteiger partial charge in [-0.2, -0.15) is 4.39 Å². The van der Waals surface area contributed by atoms with Crippen molar-refractivity contribution >= 4 is 6.03 Å². The first-order valence-electron chi connectivity index (χ1n) is 7.83. The van der Waals surface area contributed by atoms with E-state index < -0.39 is 23.1 Å². The summed E-state index contributed by atoms with van der Waals surface area (Å²) < 4.78 is 13.8. The quantitative estimate of drug-likeness (QED) is 0.892. The van der Waals surface area contributed by atoms with E-state index in [9.17, 15) is 18.8 Å². The van der Waals surface area contributed by atoms with Gasteiger partial charge in [-0.1, -0.05) is 26.2 Å². The monoisotopic (exact) mass is 311 g/mol. The average Bonchev–Trinajstić information content (AvgIpc) is 2.50. The number of nitrogens with one attached hydrogen (secondary N) is 2. The first kappa shape index (κ1) is 16.5. The van der Waals surface area contributed by atoms with Crippen molar-refractivity contribution in [2.24, 2.45) is 5.92 Å². The summed E-state index contributed by atoms with van der Waals surface area (Å²) in [6.45, 7) is 2.17. The lowest BCUT2D eigenvalue weighted by atomic mass is 9.83. The SMILES string of the molecule is CCCCC1CCC(NC(=O)n2cc(F)c(=O)[nH]c2=O)CC1. The second-order valence-corrected chi connectivity index (χ2v) is 5.92. The van der Waals surface area contributed by atoms with Gasteiger partial charge in [-0.05, 0) is 31.6 Å². The number of halogens is 1. The van der Waals surface area contributed by atoms with E-state index in [0.29, 0.717) is 16.7 Å². The number of nitrogens with zero attached hydrogens (tertiary/aromatic N) is 1. The number of hydrogen-bond donors (Lipinski definition) is 2. The Morgan fingerprint density at radius 3 is 2.68 bits per heavy atom. The fourth-order valence-corrected chi connectivity index (χ4v) is 2.93. The van der Waals surface area contributed by atoms with Crippen LogP contribution in [0.4, 0.5) is 9.18 Å².